The van der Waals surface area contributed by atoms with Gasteiger partial charge in [-0.1, -0.05) is 0 Å². The largest absolute Gasteiger partial charge is 0.481 e. The van der Waals surface area contributed by atoms with E-state index in [0.29, 0.717) is 12.4 Å². The first-order valence-electron chi connectivity index (χ1n) is 5.13. The quantitative estimate of drug-likeness (QED) is 0.794. The summed E-state index contributed by atoms with van der Waals surface area (Å²) < 4.78 is 0. The van der Waals surface area contributed by atoms with Crippen LogP contribution in [0.1, 0.15) is 12.8 Å². The van der Waals surface area contributed by atoms with E-state index in [4.69, 9.17) is 16.7 Å². The molecule has 0 radical (unpaired) electrons. The molecular formula is C10H12ClN3O2. The van der Waals surface area contributed by atoms with Crippen molar-refractivity contribution < 1.29 is 9.90 Å². The molecule has 0 bridgehead atoms. The molecule has 2 rings (SSSR count). The predicted molar refractivity (Wildman–Crippen MR) is 59.6 cm³/mol. The van der Waals surface area contributed by atoms with Gasteiger partial charge >= 0.3 is 5.97 Å². The smallest absolute Gasteiger partial charge is 0.308 e. The van der Waals surface area contributed by atoms with Gasteiger partial charge in [-0.25, -0.2) is 9.97 Å². The second kappa shape index (κ2) is 4.65. The van der Waals surface area contributed by atoms with Gasteiger partial charge in [-0.3, -0.25) is 4.79 Å². The van der Waals surface area contributed by atoms with Crippen LogP contribution < -0.4 is 4.90 Å². The molecule has 0 amide bonds. The molecule has 1 N–H and O–H groups in total. The SMILES string of the molecule is O=C(O)C1CCCN(c2ccnc(Cl)n2)C1. The van der Waals surface area contributed by atoms with Crippen LogP contribution in [0.3, 0.4) is 0 Å². The fourth-order valence-corrected chi connectivity index (χ4v) is 2.03. The highest BCUT2D eigenvalue weighted by Crippen LogP contribution is 2.22. The Kier molecular flexibility index (Phi) is 3.24. The molecule has 0 spiro atoms. The Hall–Kier alpha value is -1.36. The van der Waals surface area contributed by atoms with Crippen LogP contribution in [0, 0.1) is 5.92 Å². The van der Waals surface area contributed by atoms with Crippen LogP contribution in [0.25, 0.3) is 0 Å². The van der Waals surface area contributed by atoms with Crippen LogP contribution in [-0.2, 0) is 4.79 Å². The van der Waals surface area contributed by atoms with Crippen molar-refractivity contribution in [2.45, 2.75) is 12.8 Å². The van der Waals surface area contributed by atoms with Gasteiger partial charge in [-0.05, 0) is 30.5 Å². The van der Waals surface area contributed by atoms with Gasteiger partial charge in [0.05, 0.1) is 5.92 Å². The topological polar surface area (TPSA) is 66.3 Å². The van der Waals surface area contributed by atoms with Crippen molar-refractivity contribution in [1.29, 1.82) is 0 Å². The molecule has 1 aliphatic rings. The Morgan fingerprint density at radius 2 is 2.44 bits per heavy atom. The summed E-state index contributed by atoms with van der Waals surface area (Å²) in [6.45, 7) is 1.31. The van der Waals surface area contributed by atoms with Crippen molar-refractivity contribution in [1.82, 2.24) is 9.97 Å². The van der Waals surface area contributed by atoms with Crippen molar-refractivity contribution >= 4 is 23.4 Å². The molecule has 16 heavy (non-hydrogen) atoms. The molecule has 0 aliphatic carbocycles. The van der Waals surface area contributed by atoms with Gasteiger partial charge in [-0.15, -0.1) is 0 Å². The Balaban J connectivity index is 2.12. The molecule has 1 fully saturated rings. The molecule has 1 saturated heterocycles. The molecule has 1 atom stereocenters. The van der Waals surface area contributed by atoms with E-state index < -0.39 is 5.97 Å². The fourth-order valence-electron chi connectivity index (χ4n) is 1.89. The summed E-state index contributed by atoms with van der Waals surface area (Å²) in [6.07, 6.45) is 3.16. The number of carbonyl (C=O) groups is 1. The fraction of sp³-hybridized carbons (Fsp3) is 0.500. The zero-order valence-corrected chi connectivity index (χ0v) is 9.39. The summed E-state index contributed by atoms with van der Waals surface area (Å²) in [5.41, 5.74) is 0. The molecule has 1 unspecified atom stereocenters. The van der Waals surface area contributed by atoms with Gasteiger partial charge in [0.2, 0.25) is 5.28 Å². The summed E-state index contributed by atoms with van der Waals surface area (Å²) in [5.74, 6) is -0.363. The molecule has 0 aromatic carbocycles. The molecule has 86 valence electrons. The van der Waals surface area contributed by atoms with E-state index in [-0.39, 0.29) is 11.2 Å². The van der Waals surface area contributed by atoms with Crippen LogP contribution >= 0.6 is 11.6 Å². The molecule has 1 aromatic rings. The number of nitrogens with zero attached hydrogens (tertiary/aromatic N) is 3. The first kappa shape index (κ1) is 11.1. The van der Waals surface area contributed by atoms with E-state index in [0.717, 1.165) is 19.4 Å². The number of piperidine rings is 1. The van der Waals surface area contributed by atoms with Gasteiger partial charge in [0.1, 0.15) is 5.82 Å². The Morgan fingerprint density at radius 1 is 1.62 bits per heavy atom. The normalized spacial score (nSPS) is 20.8. The minimum absolute atomic E-state index is 0.190. The third-order valence-electron chi connectivity index (χ3n) is 2.71. The number of anilines is 1. The van der Waals surface area contributed by atoms with Crippen molar-refractivity contribution in [2.24, 2.45) is 5.92 Å². The van der Waals surface area contributed by atoms with Gasteiger partial charge < -0.3 is 10.0 Å². The Labute approximate surface area is 98.1 Å². The molecule has 5 nitrogen and oxygen atoms in total. The number of carboxylic acids is 1. The standard InChI is InChI=1S/C10H12ClN3O2/c11-10-12-4-3-8(13-10)14-5-1-2-7(6-14)9(15)16/h3-4,7H,1-2,5-6H2,(H,15,16). The van der Waals surface area contributed by atoms with Gasteiger partial charge in [0.25, 0.3) is 0 Å². The lowest BCUT2D eigenvalue weighted by atomic mass is 9.98. The summed E-state index contributed by atoms with van der Waals surface area (Å²) in [7, 11) is 0. The highest BCUT2D eigenvalue weighted by molar-refractivity contribution is 6.28. The number of aliphatic carboxylic acids is 1. The first-order chi connectivity index (χ1) is 7.66. The average molecular weight is 242 g/mol. The van der Waals surface area contributed by atoms with E-state index >= 15 is 0 Å². The summed E-state index contributed by atoms with van der Waals surface area (Å²) in [5, 5.41) is 9.16. The van der Waals surface area contributed by atoms with Crippen molar-refractivity contribution in [2.75, 3.05) is 18.0 Å². The summed E-state index contributed by atoms with van der Waals surface area (Å²) in [6, 6.07) is 1.75. The third-order valence-corrected chi connectivity index (χ3v) is 2.89. The molecule has 1 aromatic heterocycles. The first-order valence-corrected chi connectivity index (χ1v) is 5.51. The number of aromatic nitrogens is 2. The second-order valence-corrected chi connectivity index (χ2v) is 4.15. The molecule has 1 aliphatic heterocycles. The minimum atomic E-state index is -0.746. The van der Waals surface area contributed by atoms with E-state index in [1.165, 1.54) is 0 Å². The molecular weight excluding hydrogens is 230 g/mol. The van der Waals surface area contributed by atoms with Crippen molar-refractivity contribution in [3.05, 3.63) is 17.5 Å². The predicted octanol–water partition coefficient (Wildman–Crippen LogP) is 1.43. The van der Waals surface area contributed by atoms with Crippen molar-refractivity contribution in [3.63, 3.8) is 0 Å². The van der Waals surface area contributed by atoms with E-state index in [2.05, 4.69) is 9.97 Å². The zero-order valence-electron chi connectivity index (χ0n) is 8.64. The van der Waals surface area contributed by atoms with Gasteiger partial charge in [-0.2, -0.15) is 0 Å². The lowest BCUT2D eigenvalue weighted by molar-refractivity contribution is -0.141. The summed E-state index contributed by atoms with van der Waals surface area (Å²) in [4.78, 5) is 20.7. The highest BCUT2D eigenvalue weighted by Gasteiger charge is 2.26. The lowest BCUT2D eigenvalue weighted by Crippen LogP contribution is -2.39. The maximum atomic E-state index is 10.9. The number of halogens is 1. The van der Waals surface area contributed by atoms with Crippen LogP contribution in [-0.4, -0.2) is 34.1 Å². The Morgan fingerprint density at radius 3 is 3.12 bits per heavy atom. The van der Waals surface area contributed by atoms with Crippen LogP contribution in [0.15, 0.2) is 12.3 Å². The number of hydrogen-bond acceptors (Lipinski definition) is 4. The van der Waals surface area contributed by atoms with E-state index in [1.54, 1.807) is 12.3 Å². The van der Waals surface area contributed by atoms with Crippen LogP contribution in [0.5, 0.6) is 0 Å². The van der Waals surface area contributed by atoms with E-state index in [9.17, 15) is 4.79 Å². The second-order valence-electron chi connectivity index (χ2n) is 3.81. The highest BCUT2D eigenvalue weighted by atomic mass is 35.5. The average Bonchev–Trinajstić information content (AvgIpc) is 2.29. The molecule has 2 heterocycles. The third kappa shape index (κ3) is 2.41. The minimum Gasteiger partial charge on any atom is -0.481 e. The van der Waals surface area contributed by atoms with Gasteiger partial charge in [0.15, 0.2) is 0 Å². The number of rotatable bonds is 2. The number of carboxylic acid groups (broad SMARTS) is 1. The zero-order chi connectivity index (χ0) is 11.5. The number of hydrogen-bond donors (Lipinski definition) is 1. The molecule has 6 heteroatoms. The Bertz CT molecular complexity index is 399. The van der Waals surface area contributed by atoms with Crippen LogP contribution in [0.2, 0.25) is 5.28 Å². The lowest BCUT2D eigenvalue weighted by Gasteiger charge is -2.31. The van der Waals surface area contributed by atoms with Crippen molar-refractivity contribution in [3.8, 4) is 0 Å². The van der Waals surface area contributed by atoms with Gasteiger partial charge in [0, 0.05) is 19.3 Å². The molecule has 0 saturated carbocycles. The maximum Gasteiger partial charge on any atom is 0.308 e. The monoisotopic (exact) mass is 241 g/mol. The summed E-state index contributed by atoms with van der Waals surface area (Å²) >= 11 is 5.70. The maximum absolute atomic E-state index is 10.9. The van der Waals surface area contributed by atoms with Crippen LogP contribution in [0.4, 0.5) is 5.82 Å². The van der Waals surface area contributed by atoms with E-state index in [1.807, 2.05) is 4.90 Å².